The highest BCUT2D eigenvalue weighted by molar-refractivity contribution is 7.99. The van der Waals surface area contributed by atoms with Crippen LogP contribution in [0.3, 0.4) is 0 Å². The topological polar surface area (TPSA) is 112 Å². The van der Waals surface area contributed by atoms with Gasteiger partial charge in [-0.15, -0.1) is 22.0 Å². The number of rotatable bonds is 7. The fraction of sp³-hybridized carbons (Fsp3) is 0.472. The van der Waals surface area contributed by atoms with E-state index < -0.39 is 0 Å². The van der Waals surface area contributed by atoms with Gasteiger partial charge in [0.2, 0.25) is 11.8 Å². The number of pyridine rings is 3. The van der Waals surface area contributed by atoms with Crippen LogP contribution in [0.4, 0.5) is 5.82 Å². The maximum Gasteiger partial charge on any atom is 0.250 e. The summed E-state index contributed by atoms with van der Waals surface area (Å²) < 4.78 is 18.2. The summed E-state index contributed by atoms with van der Waals surface area (Å²) in [7, 11) is 1.86. The predicted molar refractivity (Wildman–Crippen MR) is 181 cm³/mol. The fourth-order valence-corrected chi connectivity index (χ4v) is 8.43. The van der Waals surface area contributed by atoms with Gasteiger partial charge in [0.15, 0.2) is 11.4 Å². The van der Waals surface area contributed by atoms with Crippen molar-refractivity contribution in [3.05, 3.63) is 65.2 Å². The van der Waals surface area contributed by atoms with Crippen molar-refractivity contribution < 1.29 is 13.6 Å². The first-order valence-corrected chi connectivity index (χ1v) is 17.6. The molecule has 8 rings (SSSR count). The lowest BCUT2D eigenvalue weighted by Crippen LogP contribution is -2.17. The minimum absolute atomic E-state index is 0.387. The molecule has 9 nitrogen and oxygen atoms in total. The Labute approximate surface area is 274 Å². The Morgan fingerprint density at radius 2 is 1.89 bits per heavy atom. The molecule has 46 heavy (non-hydrogen) atoms. The molecule has 1 N–H and O–H groups in total. The predicted octanol–water partition coefficient (Wildman–Crippen LogP) is 8.06. The van der Waals surface area contributed by atoms with Crippen molar-refractivity contribution in [2.45, 2.75) is 76.5 Å². The number of aromatic nitrogens is 5. The van der Waals surface area contributed by atoms with Gasteiger partial charge in [-0.3, -0.25) is 9.97 Å². The molecule has 1 unspecified atom stereocenters. The molecule has 5 aromatic heterocycles. The number of anilines is 1. The van der Waals surface area contributed by atoms with Crippen molar-refractivity contribution in [3.8, 4) is 22.8 Å². The van der Waals surface area contributed by atoms with Crippen LogP contribution in [0, 0.1) is 18.8 Å². The highest BCUT2D eigenvalue weighted by atomic mass is 32.2. The second kappa shape index (κ2) is 13.5. The summed E-state index contributed by atoms with van der Waals surface area (Å²) in [5.74, 6) is 5.06. The van der Waals surface area contributed by atoms with Gasteiger partial charge in [0.05, 0.1) is 17.0 Å². The second-order valence-corrected chi connectivity index (χ2v) is 13.8. The highest BCUT2D eigenvalue weighted by Gasteiger charge is 2.35. The molecular formula is C36H42N6O3S. The van der Waals surface area contributed by atoms with E-state index in [0.29, 0.717) is 29.5 Å². The van der Waals surface area contributed by atoms with Gasteiger partial charge < -0.3 is 18.9 Å². The van der Waals surface area contributed by atoms with Gasteiger partial charge >= 0.3 is 0 Å². The molecule has 0 spiro atoms. The van der Waals surface area contributed by atoms with Crippen molar-refractivity contribution in [3.63, 3.8) is 0 Å². The van der Waals surface area contributed by atoms with Gasteiger partial charge in [0.25, 0.3) is 0 Å². The first kappa shape index (κ1) is 30.9. The van der Waals surface area contributed by atoms with Crippen molar-refractivity contribution >= 4 is 28.5 Å². The van der Waals surface area contributed by atoms with Crippen LogP contribution in [0.25, 0.3) is 33.7 Å². The van der Waals surface area contributed by atoms with E-state index in [2.05, 4.69) is 51.5 Å². The number of fused-ring (bicyclic) bond motifs is 3. The van der Waals surface area contributed by atoms with Crippen molar-refractivity contribution in [2.24, 2.45) is 11.8 Å². The fourth-order valence-electron chi connectivity index (χ4n) is 6.85. The van der Waals surface area contributed by atoms with Crippen LogP contribution in [-0.4, -0.2) is 51.2 Å². The van der Waals surface area contributed by atoms with Crippen LogP contribution in [0.5, 0.6) is 0 Å². The molecular weight excluding hydrogens is 597 g/mol. The largest absolute Gasteiger partial charge is 0.452 e. The summed E-state index contributed by atoms with van der Waals surface area (Å²) in [5.41, 5.74) is 7.62. The van der Waals surface area contributed by atoms with Crippen molar-refractivity contribution in [2.75, 3.05) is 31.3 Å². The zero-order valence-electron chi connectivity index (χ0n) is 27.1. The van der Waals surface area contributed by atoms with Crippen LogP contribution < -0.4 is 5.32 Å². The SMILES string of the molecule is CNc1nccc2cc(-c3c4c(nc(CCC5CCOCC5)c3-c3nnc(C)o3)C(C(C)C)CS4)oc12.c1cnc2c(c1)CCC2. The molecule has 7 heterocycles. The summed E-state index contributed by atoms with van der Waals surface area (Å²) in [6.45, 7) is 8.08. The smallest absolute Gasteiger partial charge is 0.250 e. The van der Waals surface area contributed by atoms with Crippen LogP contribution in [0.15, 0.2) is 50.4 Å². The summed E-state index contributed by atoms with van der Waals surface area (Å²) in [4.78, 5) is 15.2. The lowest BCUT2D eigenvalue weighted by Gasteiger charge is -2.23. The maximum atomic E-state index is 6.54. The van der Waals surface area contributed by atoms with E-state index in [4.69, 9.17) is 18.6 Å². The molecule has 1 saturated heterocycles. The van der Waals surface area contributed by atoms with Gasteiger partial charge in [-0.05, 0) is 80.5 Å². The molecule has 0 saturated carbocycles. The van der Waals surface area contributed by atoms with E-state index in [9.17, 15) is 0 Å². The normalized spacial score (nSPS) is 17.6. The first-order valence-electron chi connectivity index (χ1n) is 16.6. The third-order valence-corrected chi connectivity index (χ3v) is 10.7. The Morgan fingerprint density at radius 3 is 2.65 bits per heavy atom. The second-order valence-electron chi connectivity index (χ2n) is 12.8. The van der Waals surface area contributed by atoms with Gasteiger partial charge in [0, 0.05) is 72.8 Å². The molecule has 0 radical (unpaired) electrons. The van der Waals surface area contributed by atoms with Gasteiger partial charge in [-0.25, -0.2) is 4.98 Å². The number of aryl methyl sites for hydroxylation is 4. The molecule has 1 fully saturated rings. The molecule has 1 aliphatic carbocycles. The molecule has 3 aliphatic rings. The Morgan fingerprint density at radius 1 is 1.02 bits per heavy atom. The number of thioether (sulfide) groups is 1. The lowest BCUT2D eigenvalue weighted by molar-refractivity contribution is 0.0639. The van der Waals surface area contributed by atoms with E-state index in [0.717, 1.165) is 88.9 Å². The molecule has 10 heteroatoms. The zero-order valence-corrected chi connectivity index (χ0v) is 28.0. The molecule has 0 bridgehead atoms. The highest BCUT2D eigenvalue weighted by Crippen LogP contribution is 2.52. The first-order chi connectivity index (χ1) is 22.5. The zero-order chi connectivity index (χ0) is 31.6. The number of furan rings is 1. The van der Waals surface area contributed by atoms with Crippen LogP contribution >= 0.6 is 11.8 Å². The number of ether oxygens (including phenoxy) is 1. The maximum absolute atomic E-state index is 6.54. The molecule has 0 amide bonds. The molecule has 1 atom stereocenters. The van der Waals surface area contributed by atoms with Crippen molar-refractivity contribution in [1.82, 2.24) is 25.1 Å². The third-order valence-electron chi connectivity index (χ3n) is 9.45. The van der Waals surface area contributed by atoms with Crippen LogP contribution in [0.1, 0.15) is 74.0 Å². The van der Waals surface area contributed by atoms with E-state index in [1.807, 2.05) is 44.1 Å². The minimum Gasteiger partial charge on any atom is -0.452 e. The van der Waals surface area contributed by atoms with E-state index in [1.165, 1.54) is 36.2 Å². The van der Waals surface area contributed by atoms with Crippen molar-refractivity contribution in [1.29, 1.82) is 0 Å². The van der Waals surface area contributed by atoms with Gasteiger partial charge in [-0.2, -0.15) is 0 Å². The summed E-state index contributed by atoms with van der Waals surface area (Å²) in [6, 6.07) is 8.28. The summed E-state index contributed by atoms with van der Waals surface area (Å²) in [5, 5.41) is 12.8. The Balaban J connectivity index is 0.000000321. The Kier molecular flexibility index (Phi) is 9.08. The lowest BCUT2D eigenvalue weighted by atomic mass is 9.89. The van der Waals surface area contributed by atoms with E-state index >= 15 is 0 Å². The Hall–Kier alpha value is -3.76. The summed E-state index contributed by atoms with van der Waals surface area (Å²) in [6.07, 6.45) is 11.5. The molecule has 240 valence electrons. The third kappa shape index (κ3) is 6.17. The minimum atomic E-state index is 0.387. The van der Waals surface area contributed by atoms with Crippen LogP contribution in [0.2, 0.25) is 0 Å². The van der Waals surface area contributed by atoms with E-state index in [-0.39, 0.29) is 0 Å². The number of nitrogens with zero attached hydrogens (tertiary/aromatic N) is 5. The number of hydrogen-bond donors (Lipinski definition) is 1. The number of hydrogen-bond acceptors (Lipinski definition) is 10. The summed E-state index contributed by atoms with van der Waals surface area (Å²) >= 11 is 1.86. The standard InChI is InChI=1S/C28H33N5O3S.C8H9N/c1-15(2)19-14-37-26-23(21-13-18-7-10-30-27(29-4)25(18)36-21)22(28-33-32-16(3)35-28)20(31-24(19)26)6-5-17-8-11-34-12-9-17;1-3-7-4-2-6-9-8(7)5-1/h7,10,13,15,17,19H,5-6,8-9,11-12,14H2,1-4H3,(H,29,30);2,4,6H,1,3,5H2. The van der Waals surface area contributed by atoms with Crippen LogP contribution in [-0.2, 0) is 24.0 Å². The average Bonchev–Trinajstić information content (AvgIpc) is 3.89. The molecule has 0 aromatic carbocycles. The monoisotopic (exact) mass is 638 g/mol. The van der Waals surface area contributed by atoms with Gasteiger partial charge in [-0.1, -0.05) is 19.9 Å². The molecule has 2 aliphatic heterocycles. The average molecular weight is 639 g/mol. The molecule has 5 aromatic rings. The Bertz CT molecular complexity index is 1800. The van der Waals surface area contributed by atoms with E-state index in [1.54, 1.807) is 6.20 Å². The quantitative estimate of drug-likeness (QED) is 0.188. The number of nitrogens with one attached hydrogen (secondary N) is 1. The van der Waals surface area contributed by atoms with Gasteiger partial charge in [0.1, 0.15) is 5.76 Å².